The highest BCUT2D eigenvalue weighted by Crippen LogP contribution is 2.20. The molecule has 0 amide bonds. The molecule has 0 radical (unpaired) electrons. The summed E-state index contributed by atoms with van der Waals surface area (Å²) in [7, 11) is 1.87. The Bertz CT molecular complexity index is 378. The van der Waals surface area contributed by atoms with E-state index >= 15 is 0 Å². The summed E-state index contributed by atoms with van der Waals surface area (Å²) in [6, 6.07) is 9.20. The van der Waals surface area contributed by atoms with Gasteiger partial charge in [0.1, 0.15) is 0 Å². The van der Waals surface area contributed by atoms with E-state index in [2.05, 4.69) is 0 Å². The van der Waals surface area contributed by atoms with E-state index in [-0.39, 0.29) is 12.6 Å². The van der Waals surface area contributed by atoms with Crippen LogP contribution in [0.2, 0.25) is 0 Å². The lowest BCUT2D eigenvalue weighted by Gasteiger charge is -2.32. The van der Waals surface area contributed by atoms with Crippen LogP contribution in [0.4, 0.5) is 0 Å². The molecule has 1 aromatic rings. The van der Waals surface area contributed by atoms with Crippen LogP contribution in [0.25, 0.3) is 0 Å². The Hall–Kier alpha value is -1.39. The third kappa shape index (κ3) is 3.05. The highest BCUT2D eigenvalue weighted by Gasteiger charge is 2.37. The van der Waals surface area contributed by atoms with Crippen LogP contribution in [-0.2, 0) is 10.3 Å². The first-order valence-corrected chi connectivity index (χ1v) is 5.66. The Labute approximate surface area is 102 Å². The molecule has 4 heteroatoms. The number of aliphatic carboxylic acids is 1. The summed E-state index contributed by atoms with van der Waals surface area (Å²) in [5.41, 5.74) is 5.32. The highest BCUT2D eigenvalue weighted by atomic mass is 16.4. The SMILES string of the molecule is CC(C)N(C)CC(N)(C(=O)O)c1ccccc1. The van der Waals surface area contributed by atoms with Crippen LogP contribution < -0.4 is 5.73 Å². The van der Waals surface area contributed by atoms with Crippen molar-refractivity contribution >= 4 is 5.97 Å². The average Bonchev–Trinajstić information content (AvgIpc) is 2.29. The molecule has 0 fully saturated rings. The zero-order valence-corrected chi connectivity index (χ0v) is 10.6. The second-order valence-corrected chi connectivity index (χ2v) is 4.65. The lowest BCUT2D eigenvalue weighted by atomic mass is 9.90. The molecule has 0 heterocycles. The van der Waals surface area contributed by atoms with Gasteiger partial charge in [0, 0.05) is 12.6 Å². The summed E-state index contributed by atoms with van der Waals surface area (Å²) in [4.78, 5) is 13.4. The zero-order valence-electron chi connectivity index (χ0n) is 10.6. The molecular weight excluding hydrogens is 216 g/mol. The molecule has 0 spiro atoms. The minimum atomic E-state index is -1.36. The fourth-order valence-corrected chi connectivity index (χ4v) is 1.59. The largest absolute Gasteiger partial charge is 0.480 e. The van der Waals surface area contributed by atoms with Gasteiger partial charge < -0.3 is 15.7 Å². The van der Waals surface area contributed by atoms with Crippen LogP contribution in [0.1, 0.15) is 19.4 Å². The molecule has 17 heavy (non-hydrogen) atoms. The minimum Gasteiger partial charge on any atom is -0.480 e. The second-order valence-electron chi connectivity index (χ2n) is 4.65. The summed E-state index contributed by atoms with van der Waals surface area (Å²) >= 11 is 0. The fraction of sp³-hybridized carbons (Fsp3) is 0.462. The molecule has 0 saturated carbocycles. The number of rotatable bonds is 5. The summed E-state index contributed by atoms with van der Waals surface area (Å²) in [6.45, 7) is 4.30. The van der Waals surface area contributed by atoms with Gasteiger partial charge >= 0.3 is 5.97 Å². The van der Waals surface area contributed by atoms with Crippen LogP contribution in [-0.4, -0.2) is 35.6 Å². The fourth-order valence-electron chi connectivity index (χ4n) is 1.59. The Balaban J connectivity index is 3.03. The lowest BCUT2D eigenvalue weighted by Crippen LogP contribution is -2.53. The van der Waals surface area contributed by atoms with E-state index in [1.165, 1.54) is 0 Å². The van der Waals surface area contributed by atoms with E-state index < -0.39 is 11.5 Å². The molecule has 1 rings (SSSR count). The van der Waals surface area contributed by atoms with Crippen molar-refractivity contribution in [3.8, 4) is 0 Å². The minimum absolute atomic E-state index is 0.251. The summed E-state index contributed by atoms with van der Waals surface area (Å²) in [6.07, 6.45) is 0. The van der Waals surface area contributed by atoms with E-state index in [1.54, 1.807) is 24.3 Å². The summed E-state index contributed by atoms with van der Waals surface area (Å²) in [5, 5.41) is 9.36. The third-order valence-electron chi connectivity index (χ3n) is 3.05. The first kappa shape index (κ1) is 13.7. The van der Waals surface area contributed by atoms with E-state index in [9.17, 15) is 9.90 Å². The highest BCUT2D eigenvalue weighted by molar-refractivity contribution is 5.80. The Kier molecular flexibility index (Phi) is 4.26. The quantitative estimate of drug-likeness (QED) is 0.808. The normalized spacial score (nSPS) is 14.9. The number of hydrogen-bond donors (Lipinski definition) is 2. The van der Waals surface area contributed by atoms with Gasteiger partial charge in [-0.1, -0.05) is 30.3 Å². The molecule has 94 valence electrons. The van der Waals surface area contributed by atoms with Gasteiger partial charge in [0.15, 0.2) is 5.54 Å². The van der Waals surface area contributed by atoms with Crippen LogP contribution in [0.5, 0.6) is 0 Å². The predicted molar refractivity (Wildman–Crippen MR) is 67.7 cm³/mol. The predicted octanol–water partition coefficient (Wildman–Crippen LogP) is 1.27. The van der Waals surface area contributed by atoms with Gasteiger partial charge in [-0.15, -0.1) is 0 Å². The van der Waals surface area contributed by atoms with Gasteiger partial charge in [-0.2, -0.15) is 0 Å². The van der Waals surface area contributed by atoms with Gasteiger partial charge in [-0.3, -0.25) is 0 Å². The number of nitrogens with two attached hydrogens (primary N) is 1. The number of hydrogen-bond acceptors (Lipinski definition) is 3. The Morgan fingerprint density at radius 1 is 1.41 bits per heavy atom. The van der Waals surface area contributed by atoms with E-state index in [1.807, 2.05) is 31.9 Å². The number of nitrogens with zero attached hydrogens (tertiary/aromatic N) is 1. The van der Waals surface area contributed by atoms with Crippen molar-refractivity contribution in [3.63, 3.8) is 0 Å². The standard InChI is InChI=1S/C13H20N2O2/c1-10(2)15(3)9-13(14,12(16)17)11-7-5-4-6-8-11/h4-8,10H,9,14H2,1-3H3,(H,16,17). The Morgan fingerprint density at radius 3 is 2.35 bits per heavy atom. The maximum absolute atomic E-state index is 11.4. The second kappa shape index (κ2) is 5.29. The van der Waals surface area contributed by atoms with Crippen molar-refractivity contribution in [2.45, 2.75) is 25.4 Å². The number of carboxylic acid groups (broad SMARTS) is 1. The van der Waals surface area contributed by atoms with Gasteiger partial charge in [0.2, 0.25) is 0 Å². The molecule has 0 aromatic heterocycles. The number of benzene rings is 1. The molecule has 0 bridgehead atoms. The lowest BCUT2D eigenvalue weighted by molar-refractivity contribution is -0.144. The van der Waals surface area contributed by atoms with Gasteiger partial charge in [-0.25, -0.2) is 4.79 Å². The zero-order chi connectivity index (χ0) is 13.1. The van der Waals surface area contributed by atoms with Crippen LogP contribution >= 0.6 is 0 Å². The van der Waals surface area contributed by atoms with Gasteiger partial charge in [0.05, 0.1) is 0 Å². The summed E-state index contributed by atoms with van der Waals surface area (Å²) in [5.74, 6) is -1.00. The molecular formula is C13H20N2O2. The Morgan fingerprint density at radius 2 is 1.94 bits per heavy atom. The maximum Gasteiger partial charge on any atom is 0.329 e. The third-order valence-corrected chi connectivity index (χ3v) is 3.05. The van der Waals surface area contributed by atoms with Crippen molar-refractivity contribution in [1.82, 2.24) is 4.90 Å². The van der Waals surface area contributed by atoms with Gasteiger partial charge in [0.25, 0.3) is 0 Å². The first-order valence-electron chi connectivity index (χ1n) is 5.66. The molecule has 1 unspecified atom stereocenters. The first-order chi connectivity index (χ1) is 7.88. The molecule has 4 nitrogen and oxygen atoms in total. The molecule has 0 aliphatic carbocycles. The molecule has 3 N–H and O–H groups in total. The van der Waals surface area contributed by atoms with Crippen molar-refractivity contribution in [2.24, 2.45) is 5.73 Å². The topological polar surface area (TPSA) is 66.6 Å². The summed E-state index contributed by atoms with van der Waals surface area (Å²) < 4.78 is 0. The van der Waals surface area contributed by atoms with Crippen LogP contribution in [0.3, 0.4) is 0 Å². The van der Waals surface area contributed by atoms with Crippen molar-refractivity contribution in [3.05, 3.63) is 35.9 Å². The van der Waals surface area contributed by atoms with Crippen molar-refractivity contribution in [2.75, 3.05) is 13.6 Å². The van der Waals surface area contributed by atoms with Crippen LogP contribution in [0, 0.1) is 0 Å². The van der Waals surface area contributed by atoms with Crippen molar-refractivity contribution in [1.29, 1.82) is 0 Å². The average molecular weight is 236 g/mol. The number of carboxylic acids is 1. The van der Waals surface area contributed by atoms with Crippen molar-refractivity contribution < 1.29 is 9.90 Å². The van der Waals surface area contributed by atoms with Gasteiger partial charge in [-0.05, 0) is 26.5 Å². The van der Waals surface area contributed by atoms with E-state index in [0.29, 0.717) is 5.56 Å². The van der Waals surface area contributed by atoms with E-state index in [4.69, 9.17) is 5.73 Å². The molecule has 1 aromatic carbocycles. The molecule has 0 aliphatic heterocycles. The monoisotopic (exact) mass is 236 g/mol. The molecule has 0 saturated heterocycles. The smallest absolute Gasteiger partial charge is 0.329 e. The molecule has 1 atom stereocenters. The van der Waals surface area contributed by atoms with Crippen LogP contribution in [0.15, 0.2) is 30.3 Å². The van der Waals surface area contributed by atoms with E-state index in [0.717, 1.165) is 0 Å². The number of carbonyl (C=O) groups is 1. The molecule has 0 aliphatic rings. The number of likely N-dealkylation sites (N-methyl/N-ethyl adjacent to an activating group) is 1. The maximum atomic E-state index is 11.4.